The van der Waals surface area contributed by atoms with Crippen molar-refractivity contribution in [2.24, 2.45) is 0 Å². The maximum absolute atomic E-state index is 10.4. The quantitative estimate of drug-likeness (QED) is 0.775. The van der Waals surface area contributed by atoms with Crippen molar-refractivity contribution < 1.29 is 9.84 Å². The molecule has 2 nitrogen and oxygen atoms in total. The Morgan fingerprint density at radius 2 is 2.21 bits per heavy atom. The molecule has 1 atom stereocenters. The zero-order valence-electron chi connectivity index (χ0n) is 8.49. The molecule has 2 heteroatoms. The molecular weight excluding hydrogens is 176 g/mol. The largest absolute Gasteiger partial charge is 0.383 e. The molecule has 2 rings (SSSR count). The molecule has 1 aliphatic rings. The van der Waals surface area contributed by atoms with Gasteiger partial charge in [0.15, 0.2) is 0 Å². The molecule has 0 heterocycles. The summed E-state index contributed by atoms with van der Waals surface area (Å²) in [5, 5.41) is 10.4. The third-order valence-electron chi connectivity index (χ3n) is 2.94. The van der Waals surface area contributed by atoms with Gasteiger partial charge < -0.3 is 9.84 Å². The van der Waals surface area contributed by atoms with E-state index in [9.17, 15) is 5.11 Å². The molecule has 0 radical (unpaired) electrons. The highest BCUT2D eigenvalue weighted by molar-refractivity contribution is 5.34. The summed E-state index contributed by atoms with van der Waals surface area (Å²) in [6.07, 6.45) is 2.91. The molecule has 1 unspecified atom stereocenters. The van der Waals surface area contributed by atoms with Gasteiger partial charge in [0.1, 0.15) is 5.60 Å². The average Bonchev–Trinajstić information content (AvgIpc) is 2.19. The van der Waals surface area contributed by atoms with Crippen LogP contribution in [-0.2, 0) is 16.8 Å². The Hall–Kier alpha value is -0.860. The lowest BCUT2D eigenvalue weighted by atomic mass is 9.80. The predicted molar refractivity (Wildman–Crippen MR) is 55.2 cm³/mol. The number of aryl methyl sites for hydroxylation is 1. The fourth-order valence-corrected chi connectivity index (χ4v) is 2.29. The summed E-state index contributed by atoms with van der Waals surface area (Å²) in [6.45, 7) is 0.393. The maximum Gasteiger partial charge on any atom is 0.113 e. The van der Waals surface area contributed by atoms with Gasteiger partial charge in [-0.1, -0.05) is 24.3 Å². The van der Waals surface area contributed by atoms with Crippen LogP contribution in [0.5, 0.6) is 0 Å². The Morgan fingerprint density at radius 1 is 1.43 bits per heavy atom. The number of methoxy groups -OCH3 is 1. The summed E-state index contributed by atoms with van der Waals surface area (Å²) in [5.74, 6) is 0. The molecule has 0 aliphatic heterocycles. The highest BCUT2D eigenvalue weighted by Crippen LogP contribution is 2.35. The van der Waals surface area contributed by atoms with Gasteiger partial charge in [-0.15, -0.1) is 0 Å². The van der Waals surface area contributed by atoms with Crippen molar-refractivity contribution in [3.05, 3.63) is 35.4 Å². The van der Waals surface area contributed by atoms with E-state index in [0.717, 1.165) is 24.8 Å². The lowest BCUT2D eigenvalue weighted by Gasteiger charge is -2.33. The maximum atomic E-state index is 10.4. The summed E-state index contributed by atoms with van der Waals surface area (Å²) in [5.41, 5.74) is 1.55. The Morgan fingerprint density at radius 3 is 3.00 bits per heavy atom. The third-order valence-corrected chi connectivity index (χ3v) is 2.94. The van der Waals surface area contributed by atoms with E-state index < -0.39 is 5.60 Å². The molecule has 0 saturated carbocycles. The second-order valence-electron chi connectivity index (χ2n) is 3.98. The van der Waals surface area contributed by atoms with Gasteiger partial charge in [-0.05, 0) is 30.4 Å². The molecule has 0 saturated heterocycles. The zero-order chi connectivity index (χ0) is 10.0. The molecule has 0 bridgehead atoms. The predicted octanol–water partition coefficient (Wildman–Crippen LogP) is 1.86. The van der Waals surface area contributed by atoms with Crippen LogP contribution in [0.1, 0.15) is 24.0 Å². The van der Waals surface area contributed by atoms with Crippen molar-refractivity contribution in [1.82, 2.24) is 0 Å². The highest BCUT2D eigenvalue weighted by Gasteiger charge is 2.33. The number of rotatable bonds is 2. The molecule has 0 amide bonds. The monoisotopic (exact) mass is 192 g/mol. The summed E-state index contributed by atoms with van der Waals surface area (Å²) in [6, 6.07) is 8.10. The number of ether oxygens (including phenoxy) is 1. The minimum Gasteiger partial charge on any atom is -0.383 e. The normalized spacial score (nSPS) is 25.9. The molecule has 0 aromatic heterocycles. The fraction of sp³-hybridized carbons (Fsp3) is 0.500. The van der Waals surface area contributed by atoms with Crippen LogP contribution in [-0.4, -0.2) is 18.8 Å². The molecule has 0 spiro atoms. The number of benzene rings is 1. The molecule has 1 N–H and O–H groups in total. The van der Waals surface area contributed by atoms with E-state index in [2.05, 4.69) is 6.07 Å². The van der Waals surface area contributed by atoms with Gasteiger partial charge in [-0.3, -0.25) is 0 Å². The second kappa shape index (κ2) is 3.71. The van der Waals surface area contributed by atoms with Crippen LogP contribution in [0, 0.1) is 0 Å². The Bertz CT molecular complexity index is 322. The molecule has 14 heavy (non-hydrogen) atoms. The number of aliphatic hydroxyl groups is 1. The topological polar surface area (TPSA) is 29.5 Å². The van der Waals surface area contributed by atoms with Crippen molar-refractivity contribution in [3.63, 3.8) is 0 Å². The lowest BCUT2D eigenvalue weighted by Crippen LogP contribution is -2.35. The van der Waals surface area contributed by atoms with Gasteiger partial charge in [0.2, 0.25) is 0 Å². The smallest absolute Gasteiger partial charge is 0.113 e. The minimum absolute atomic E-state index is 0.393. The summed E-state index contributed by atoms with van der Waals surface area (Å²) >= 11 is 0. The van der Waals surface area contributed by atoms with Crippen molar-refractivity contribution in [2.75, 3.05) is 13.7 Å². The second-order valence-corrected chi connectivity index (χ2v) is 3.98. The highest BCUT2D eigenvalue weighted by atomic mass is 16.5. The first-order chi connectivity index (χ1) is 6.76. The Balaban J connectivity index is 2.39. The lowest BCUT2D eigenvalue weighted by molar-refractivity contribution is -0.0479. The van der Waals surface area contributed by atoms with Crippen molar-refractivity contribution >= 4 is 0 Å². The number of hydrogen-bond donors (Lipinski definition) is 1. The van der Waals surface area contributed by atoms with Crippen LogP contribution in [0.25, 0.3) is 0 Å². The van der Waals surface area contributed by atoms with E-state index in [1.165, 1.54) is 5.56 Å². The molecular formula is C12H16O2. The van der Waals surface area contributed by atoms with Gasteiger partial charge in [-0.2, -0.15) is 0 Å². The zero-order valence-corrected chi connectivity index (χ0v) is 8.49. The van der Waals surface area contributed by atoms with E-state index in [4.69, 9.17) is 4.74 Å². The standard InChI is InChI=1S/C12H16O2/c1-14-9-12(13)8-4-6-10-5-2-3-7-11(10)12/h2-3,5,7,13H,4,6,8-9H2,1H3. The van der Waals surface area contributed by atoms with Crippen LogP contribution in [0.4, 0.5) is 0 Å². The van der Waals surface area contributed by atoms with Gasteiger partial charge in [0.25, 0.3) is 0 Å². The number of fused-ring (bicyclic) bond motifs is 1. The third kappa shape index (κ3) is 1.56. The Labute approximate surface area is 84.5 Å². The average molecular weight is 192 g/mol. The molecule has 0 fully saturated rings. The van der Waals surface area contributed by atoms with E-state index in [1.54, 1.807) is 7.11 Å². The fourth-order valence-electron chi connectivity index (χ4n) is 2.29. The first-order valence-electron chi connectivity index (χ1n) is 5.06. The molecule has 76 valence electrons. The van der Waals surface area contributed by atoms with Crippen LogP contribution >= 0.6 is 0 Å². The van der Waals surface area contributed by atoms with Gasteiger partial charge in [0, 0.05) is 7.11 Å². The summed E-state index contributed by atoms with van der Waals surface area (Å²) < 4.78 is 5.09. The minimum atomic E-state index is -0.760. The van der Waals surface area contributed by atoms with Gasteiger partial charge in [-0.25, -0.2) is 0 Å². The van der Waals surface area contributed by atoms with Crippen LogP contribution in [0.2, 0.25) is 0 Å². The van der Waals surface area contributed by atoms with Crippen molar-refractivity contribution in [2.45, 2.75) is 24.9 Å². The summed E-state index contributed by atoms with van der Waals surface area (Å²) in [7, 11) is 1.63. The van der Waals surface area contributed by atoms with E-state index in [-0.39, 0.29) is 0 Å². The van der Waals surface area contributed by atoms with E-state index in [1.807, 2.05) is 18.2 Å². The first kappa shape index (κ1) is 9.69. The van der Waals surface area contributed by atoms with Gasteiger partial charge in [0.05, 0.1) is 6.61 Å². The van der Waals surface area contributed by atoms with E-state index in [0.29, 0.717) is 6.61 Å². The van der Waals surface area contributed by atoms with Crippen LogP contribution in [0.15, 0.2) is 24.3 Å². The Kier molecular flexibility index (Phi) is 2.57. The van der Waals surface area contributed by atoms with Gasteiger partial charge >= 0.3 is 0 Å². The molecule has 1 aliphatic carbocycles. The summed E-state index contributed by atoms with van der Waals surface area (Å²) in [4.78, 5) is 0. The van der Waals surface area contributed by atoms with Crippen LogP contribution < -0.4 is 0 Å². The van der Waals surface area contributed by atoms with Crippen molar-refractivity contribution in [3.8, 4) is 0 Å². The SMILES string of the molecule is COCC1(O)CCCc2ccccc21. The van der Waals surface area contributed by atoms with Crippen molar-refractivity contribution in [1.29, 1.82) is 0 Å². The van der Waals surface area contributed by atoms with Crippen LogP contribution in [0.3, 0.4) is 0 Å². The number of hydrogen-bond acceptors (Lipinski definition) is 2. The molecule has 1 aromatic rings. The van der Waals surface area contributed by atoms with E-state index >= 15 is 0 Å². The first-order valence-corrected chi connectivity index (χ1v) is 5.06. The molecule has 1 aromatic carbocycles.